The molecular weight excluding hydrogens is 640 g/mol. The molecule has 6 fully saturated rings. The van der Waals surface area contributed by atoms with Crippen molar-refractivity contribution in [2.75, 3.05) is 20.3 Å². The van der Waals surface area contributed by atoms with Gasteiger partial charge in [0.2, 0.25) is 0 Å². The summed E-state index contributed by atoms with van der Waals surface area (Å²) in [5, 5.41) is 64.3. The zero-order valence-corrected chi connectivity index (χ0v) is 29.1. The summed E-state index contributed by atoms with van der Waals surface area (Å²) in [5.41, 5.74) is 0.0599. The maximum absolute atomic E-state index is 12.5. The Morgan fingerprint density at radius 3 is 2.31 bits per heavy atom. The van der Waals surface area contributed by atoms with Crippen LogP contribution < -0.4 is 0 Å². The summed E-state index contributed by atoms with van der Waals surface area (Å²) >= 11 is 0. The van der Waals surface area contributed by atoms with Crippen molar-refractivity contribution in [3.8, 4) is 0 Å². The average molecular weight is 697 g/mol. The van der Waals surface area contributed by atoms with Crippen LogP contribution >= 0.6 is 0 Å². The molecule has 4 aliphatic carbocycles. The number of carbonyl (C=O) groups is 1. The first-order chi connectivity index (χ1) is 23.3. The van der Waals surface area contributed by atoms with Gasteiger partial charge in [-0.2, -0.15) is 0 Å². The van der Waals surface area contributed by atoms with Crippen molar-refractivity contribution < 1.29 is 63.9 Å². The first-order valence-electron chi connectivity index (χ1n) is 18.3. The van der Waals surface area contributed by atoms with Crippen LogP contribution in [0.4, 0.5) is 0 Å². The van der Waals surface area contributed by atoms with Crippen molar-refractivity contribution in [2.24, 2.45) is 34.5 Å². The number of ether oxygens (including phenoxy) is 6. The summed E-state index contributed by atoms with van der Waals surface area (Å²) in [7, 11) is 1.44. The largest absolute Gasteiger partial charge is 0.458 e. The van der Waals surface area contributed by atoms with Gasteiger partial charge in [-0.15, -0.1) is 0 Å². The molecule has 7 rings (SSSR count). The number of aliphatic hydroxyl groups is 6. The number of rotatable bonds is 7. The molecule has 0 aromatic carbocycles. The highest BCUT2D eigenvalue weighted by Gasteiger charge is 2.68. The second-order valence-electron chi connectivity index (χ2n) is 16.5. The van der Waals surface area contributed by atoms with E-state index in [0.717, 1.165) is 63.4 Å². The van der Waals surface area contributed by atoms with Crippen molar-refractivity contribution in [3.63, 3.8) is 0 Å². The van der Waals surface area contributed by atoms with Gasteiger partial charge in [0.1, 0.15) is 49.3 Å². The summed E-state index contributed by atoms with van der Waals surface area (Å²) < 4.78 is 35.1. The minimum atomic E-state index is -1.60. The Balaban J connectivity index is 0.990. The van der Waals surface area contributed by atoms with Crippen LogP contribution in [-0.2, 0) is 33.2 Å². The third-order valence-electron chi connectivity index (χ3n) is 14.4. The minimum Gasteiger partial charge on any atom is -0.458 e. The molecule has 7 aliphatic rings. The van der Waals surface area contributed by atoms with Crippen LogP contribution in [0.3, 0.4) is 0 Å². The third kappa shape index (κ3) is 5.74. The lowest BCUT2D eigenvalue weighted by molar-refractivity contribution is -0.362. The van der Waals surface area contributed by atoms with E-state index < -0.39 is 73.6 Å². The number of methoxy groups -OCH3 is 1. The number of hydrogen-bond acceptors (Lipinski definition) is 13. The molecule has 0 aromatic heterocycles. The fourth-order valence-corrected chi connectivity index (χ4v) is 11.6. The van der Waals surface area contributed by atoms with Gasteiger partial charge in [0.15, 0.2) is 12.6 Å². The number of fused-ring (bicyclic) bond motifs is 5. The van der Waals surface area contributed by atoms with Gasteiger partial charge in [0.25, 0.3) is 0 Å². The molecule has 0 radical (unpaired) electrons. The van der Waals surface area contributed by atoms with Gasteiger partial charge < -0.3 is 59.1 Å². The molecule has 6 N–H and O–H groups in total. The van der Waals surface area contributed by atoms with E-state index in [-0.39, 0.29) is 34.7 Å². The van der Waals surface area contributed by atoms with Crippen molar-refractivity contribution >= 4 is 5.97 Å². The van der Waals surface area contributed by atoms with E-state index in [0.29, 0.717) is 18.4 Å². The van der Waals surface area contributed by atoms with Gasteiger partial charge >= 0.3 is 5.97 Å². The lowest BCUT2D eigenvalue weighted by Crippen LogP contribution is -2.64. The molecule has 4 saturated carbocycles. The van der Waals surface area contributed by atoms with E-state index in [1.165, 1.54) is 7.11 Å². The molecule has 13 nitrogen and oxygen atoms in total. The maximum atomic E-state index is 12.5. The summed E-state index contributed by atoms with van der Waals surface area (Å²) in [6, 6.07) is 0. The van der Waals surface area contributed by atoms with Crippen LogP contribution in [0.5, 0.6) is 0 Å². The van der Waals surface area contributed by atoms with Crippen LogP contribution in [-0.4, -0.2) is 130 Å². The molecule has 18 atom stereocenters. The summed E-state index contributed by atoms with van der Waals surface area (Å²) in [6.45, 7) is 6.15. The highest BCUT2D eigenvalue weighted by molar-refractivity contribution is 5.85. The van der Waals surface area contributed by atoms with Crippen molar-refractivity contribution in [3.05, 3.63) is 11.6 Å². The molecular formula is C36H56O13. The lowest BCUT2D eigenvalue weighted by Gasteiger charge is -2.64. The van der Waals surface area contributed by atoms with Crippen LogP contribution in [0.1, 0.15) is 78.6 Å². The molecule has 1 unspecified atom stereocenters. The van der Waals surface area contributed by atoms with E-state index in [1.807, 2.05) is 0 Å². The molecule has 13 heteroatoms. The predicted octanol–water partition coefficient (Wildman–Crippen LogP) is 0.934. The van der Waals surface area contributed by atoms with E-state index in [9.17, 15) is 35.4 Å². The Morgan fingerprint density at radius 2 is 1.61 bits per heavy atom. The van der Waals surface area contributed by atoms with Crippen LogP contribution in [0.15, 0.2) is 11.6 Å². The molecule has 0 aromatic rings. The molecule has 0 amide bonds. The van der Waals surface area contributed by atoms with Gasteiger partial charge in [-0.3, -0.25) is 0 Å². The summed E-state index contributed by atoms with van der Waals surface area (Å²) in [6.07, 6.45) is -2.30. The maximum Gasteiger partial charge on any atom is 0.331 e. The van der Waals surface area contributed by atoms with Crippen molar-refractivity contribution in [1.82, 2.24) is 0 Å². The predicted molar refractivity (Wildman–Crippen MR) is 170 cm³/mol. The smallest absolute Gasteiger partial charge is 0.331 e. The first-order valence-corrected chi connectivity index (χ1v) is 18.3. The molecule has 49 heavy (non-hydrogen) atoms. The van der Waals surface area contributed by atoms with Gasteiger partial charge in [0.05, 0.1) is 24.4 Å². The first kappa shape index (κ1) is 36.1. The molecule has 3 heterocycles. The van der Waals surface area contributed by atoms with Gasteiger partial charge in [0, 0.05) is 18.6 Å². The third-order valence-corrected chi connectivity index (χ3v) is 14.4. The Labute approximate surface area is 287 Å². The number of esters is 1. The number of hydrogen-bond donors (Lipinski definition) is 6. The number of aliphatic hydroxyl groups excluding tert-OH is 5. The quantitative estimate of drug-likeness (QED) is 0.163. The topological polar surface area (TPSA) is 194 Å². The van der Waals surface area contributed by atoms with Gasteiger partial charge in [-0.1, -0.05) is 13.8 Å². The lowest BCUT2D eigenvalue weighted by atomic mass is 9.43. The SMILES string of the molecule is CO[C@@H]1[C@@H](O)[C@H](O[C@H]2CC[C@@]3(C)C(CC[C@@H]4[C@@H]3CC[C@]3(C)[C@@H](C5=CC(=O)OC5)CC[C@]43O)C2)O[C@H](C)[C@@H]1O[C@@H]1O[C@H](CO)[C@@H](O)[C@H](O)[C@H]1O. The van der Waals surface area contributed by atoms with Crippen LogP contribution in [0.25, 0.3) is 0 Å². The minimum absolute atomic E-state index is 0.0579. The van der Waals surface area contributed by atoms with Crippen molar-refractivity contribution in [2.45, 2.75) is 152 Å². The zero-order chi connectivity index (χ0) is 35.0. The number of carbonyl (C=O) groups excluding carboxylic acids is 1. The van der Waals surface area contributed by atoms with Crippen molar-refractivity contribution in [1.29, 1.82) is 0 Å². The Hall–Kier alpha value is -1.23. The molecule has 3 aliphatic heterocycles. The summed E-state index contributed by atoms with van der Waals surface area (Å²) in [4.78, 5) is 11.9. The Bertz CT molecular complexity index is 1260. The number of cyclic esters (lactones) is 1. The van der Waals surface area contributed by atoms with Crippen LogP contribution in [0, 0.1) is 34.5 Å². The second-order valence-corrected chi connectivity index (χ2v) is 16.5. The molecule has 2 saturated heterocycles. The highest BCUT2D eigenvalue weighted by atomic mass is 16.7. The van der Waals surface area contributed by atoms with Crippen LogP contribution in [0.2, 0.25) is 0 Å². The second kappa shape index (κ2) is 13.3. The van der Waals surface area contributed by atoms with E-state index in [4.69, 9.17) is 28.4 Å². The Morgan fingerprint density at radius 1 is 0.857 bits per heavy atom. The summed E-state index contributed by atoms with van der Waals surface area (Å²) in [5.74, 6) is 0.909. The highest BCUT2D eigenvalue weighted by Crippen LogP contribution is 2.70. The average Bonchev–Trinajstić information content (AvgIpc) is 3.62. The zero-order valence-electron chi connectivity index (χ0n) is 29.1. The molecule has 0 bridgehead atoms. The van der Waals surface area contributed by atoms with E-state index in [2.05, 4.69) is 13.8 Å². The van der Waals surface area contributed by atoms with E-state index >= 15 is 0 Å². The fraction of sp³-hybridized carbons (Fsp3) is 0.917. The Kier molecular flexibility index (Phi) is 9.82. The normalized spacial score (nSPS) is 54.4. The van der Waals surface area contributed by atoms with E-state index in [1.54, 1.807) is 13.0 Å². The standard InChI is InChI=1S/C36H56O13/c1-17-30(49-32-28(41)27(40)26(39)24(15-37)48-32)31(44-4)29(42)33(46-17)47-20-7-10-34(2)19(14-20)5-6-23-22(34)8-11-35(3)21(9-12-36(23,35)43)18-13-25(38)45-16-18/h13,17,19-24,26-33,37,39-43H,5-12,14-16H2,1-4H3/t17-,19?,20+,21-,22+,23-,24-,26-,27+,28-,29-,30+,31-,32+,33+,34+,35-,36+/m1/s1. The fourth-order valence-electron chi connectivity index (χ4n) is 11.6. The molecule has 0 spiro atoms. The van der Waals surface area contributed by atoms with Gasteiger partial charge in [-0.05, 0) is 99.4 Å². The molecule has 278 valence electrons. The van der Waals surface area contributed by atoms with Gasteiger partial charge in [-0.25, -0.2) is 4.79 Å². The monoisotopic (exact) mass is 696 g/mol.